The summed E-state index contributed by atoms with van der Waals surface area (Å²) in [5, 5.41) is 11.0. The van der Waals surface area contributed by atoms with E-state index in [0.29, 0.717) is 15.9 Å². The summed E-state index contributed by atoms with van der Waals surface area (Å²) >= 11 is 7.07. The number of halogens is 1. The number of ether oxygens (including phenoxy) is 1. The maximum absolute atomic E-state index is 11.8. The minimum absolute atomic E-state index is 0.285. The van der Waals surface area contributed by atoms with Gasteiger partial charge in [0.05, 0.1) is 0 Å². The number of nitrogens with zero attached hydrogens (tertiary/aromatic N) is 2. The van der Waals surface area contributed by atoms with E-state index in [-0.39, 0.29) is 5.91 Å². The van der Waals surface area contributed by atoms with Gasteiger partial charge >= 0.3 is 0 Å². The fraction of sp³-hybridized carbons (Fsp3) is 0.182. The van der Waals surface area contributed by atoms with Gasteiger partial charge in [-0.15, -0.1) is 10.2 Å². The highest BCUT2D eigenvalue weighted by Crippen LogP contribution is 2.18. The van der Waals surface area contributed by atoms with Gasteiger partial charge in [-0.3, -0.25) is 10.1 Å². The summed E-state index contributed by atoms with van der Waals surface area (Å²) in [7, 11) is 0. The minimum Gasteiger partial charge on any atom is -0.481 e. The first kappa shape index (κ1) is 12.8. The SMILES string of the molecule is C[C@@H](Oc1cccc(Cl)c1)C(=O)Nc1nncs1. The third-order valence-corrected chi connectivity index (χ3v) is 2.91. The largest absolute Gasteiger partial charge is 0.481 e. The lowest BCUT2D eigenvalue weighted by molar-refractivity contribution is -0.122. The van der Waals surface area contributed by atoms with Crippen molar-refractivity contribution < 1.29 is 9.53 Å². The maximum atomic E-state index is 11.8. The molecule has 2 aromatic rings. The predicted octanol–water partition coefficient (Wildman–Crippen LogP) is 2.60. The molecule has 1 atom stereocenters. The van der Waals surface area contributed by atoms with Crippen LogP contribution in [0.15, 0.2) is 29.8 Å². The highest BCUT2D eigenvalue weighted by atomic mass is 35.5. The summed E-state index contributed by atoms with van der Waals surface area (Å²) < 4.78 is 5.47. The van der Waals surface area contributed by atoms with E-state index < -0.39 is 6.10 Å². The lowest BCUT2D eigenvalue weighted by Gasteiger charge is -2.13. The number of rotatable bonds is 4. The second-order valence-electron chi connectivity index (χ2n) is 3.45. The second-order valence-corrected chi connectivity index (χ2v) is 4.72. The van der Waals surface area contributed by atoms with Crippen molar-refractivity contribution in [1.29, 1.82) is 0 Å². The van der Waals surface area contributed by atoms with Gasteiger partial charge in [0.15, 0.2) is 6.10 Å². The van der Waals surface area contributed by atoms with Gasteiger partial charge in [-0.2, -0.15) is 0 Å². The number of amides is 1. The molecule has 1 N–H and O–H groups in total. The maximum Gasteiger partial charge on any atom is 0.266 e. The van der Waals surface area contributed by atoms with Gasteiger partial charge < -0.3 is 4.74 Å². The fourth-order valence-electron chi connectivity index (χ4n) is 1.23. The lowest BCUT2D eigenvalue weighted by atomic mass is 10.3. The molecule has 18 heavy (non-hydrogen) atoms. The van der Waals surface area contributed by atoms with E-state index in [1.165, 1.54) is 16.8 Å². The quantitative estimate of drug-likeness (QED) is 0.937. The number of carbonyl (C=O) groups excluding carboxylic acids is 1. The van der Waals surface area contributed by atoms with E-state index in [2.05, 4.69) is 15.5 Å². The normalized spacial score (nSPS) is 11.9. The zero-order valence-corrected chi connectivity index (χ0v) is 11.0. The summed E-state index contributed by atoms with van der Waals surface area (Å²) in [5.41, 5.74) is 1.54. The number of benzene rings is 1. The van der Waals surface area contributed by atoms with Gasteiger partial charge in [0.1, 0.15) is 11.3 Å². The highest BCUT2D eigenvalue weighted by Gasteiger charge is 2.16. The van der Waals surface area contributed by atoms with Crippen molar-refractivity contribution in [2.75, 3.05) is 5.32 Å². The van der Waals surface area contributed by atoms with Crippen molar-refractivity contribution in [2.45, 2.75) is 13.0 Å². The number of hydrogen-bond donors (Lipinski definition) is 1. The van der Waals surface area contributed by atoms with Crippen LogP contribution in [0.3, 0.4) is 0 Å². The summed E-state index contributed by atoms with van der Waals surface area (Å²) in [6.07, 6.45) is -0.646. The van der Waals surface area contributed by atoms with Crippen molar-refractivity contribution in [3.8, 4) is 5.75 Å². The van der Waals surface area contributed by atoms with Crippen LogP contribution in [-0.2, 0) is 4.79 Å². The first-order valence-electron chi connectivity index (χ1n) is 5.14. The summed E-state index contributed by atoms with van der Waals surface area (Å²) in [4.78, 5) is 11.8. The molecule has 0 radical (unpaired) electrons. The Morgan fingerprint density at radius 3 is 3.06 bits per heavy atom. The molecule has 7 heteroatoms. The first-order chi connectivity index (χ1) is 8.65. The van der Waals surface area contributed by atoms with E-state index in [1.807, 2.05) is 0 Å². The van der Waals surface area contributed by atoms with E-state index in [1.54, 1.807) is 31.2 Å². The van der Waals surface area contributed by atoms with Crippen LogP contribution in [0, 0.1) is 0 Å². The number of carbonyl (C=O) groups is 1. The predicted molar refractivity (Wildman–Crippen MR) is 70.1 cm³/mol. The molecule has 0 unspecified atom stereocenters. The monoisotopic (exact) mass is 283 g/mol. The van der Waals surface area contributed by atoms with Crippen molar-refractivity contribution >= 4 is 34.0 Å². The Labute approximate surface area is 113 Å². The molecule has 94 valence electrons. The molecule has 0 spiro atoms. The van der Waals surface area contributed by atoms with Gasteiger partial charge in [-0.25, -0.2) is 0 Å². The third-order valence-electron chi connectivity index (χ3n) is 2.07. The number of hydrogen-bond acceptors (Lipinski definition) is 5. The smallest absolute Gasteiger partial charge is 0.266 e. The van der Waals surface area contributed by atoms with Crippen LogP contribution in [0.1, 0.15) is 6.92 Å². The minimum atomic E-state index is -0.646. The van der Waals surface area contributed by atoms with Gasteiger partial charge in [0.25, 0.3) is 5.91 Å². The van der Waals surface area contributed by atoms with Gasteiger partial charge in [0, 0.05) is 5.02 Å². The zero-order valence-electron chi connectivity index (χ0n) is 9.46. The topological polar surface area (TPSA) is 64.1 Å². The van der Waals surface area contributed by atoms with Crippen molar-refractivity contribution in [2.24, 2.45) is 0 Å². The third kappa shape index (κ3) is 3.41. The summed E-state index contributed by atoms with van der Waals surface area (Å²) in [6.45, 7) is 1.65. The van der Waals surface area contributed by atoms with E-state index in [4.69, 9.17) is 16.3 Å². The Bertz CT molecular complexity index is 533. The van der Waals surface area contributed by atoms with Crippen LogP contribution in [0.5, 0.6) is 5.75 Å². The summed E-state index contributed by atoms with van der Waals surface area (Å²) in [5.74, 6) is 0.258. The Balaban J connectivity index is 1.95. The Morgan fingerprint density at radius 2 is 2.39 bits per heavy atom. The molecular weight excluding hydrogens is 274 g/mol. The van der Waals surface area contributed by atoms with Crippen LogP contribution in [-0.4, -0.2) is 22.2 Å². The fourth-order valence-corrected chi connectivity index (χ4v) is 1.86. The average Bonchev–Trinajstić information content (AvgIpc) is 2.81. The molecule has 5 nitrogen and oxygen atoms in total. The average molecular weight is 284 g/mol. The molecule has 1 heterocycles. The van der Waals surface area contributed by atoms with Gasteiger partial charge in [-0.1, -0.05) is 29.0 Å². The van der Waals surface area contributed by atoms with Crippen LogP contribution < -0.4 is 10.1 Å². The lowest BCUT2D eigenvalue weighted by Crippen LogP contribution is -2.30. The van der Waals surface area contributed by atoms with Crippen LogP contribution in [0.4, 0.5) is 5.13 Å². The number of aromatic nitrogens is 2. The van der Waals surface area contributed by atoms with E-state index >= 15 is 0 Å². The Kier molecular flexibility index (Phi) is 4.11. The van der Waals surface area contributed by atoms with Crippen LogP contribution in [0.25, 0.3) is 0 Å². The molecule has 2 rings (SSSR count). The molecular formula is C11H10ClN3O2S. The molecule has 1 aromatic carbocycles. The second kappa shape index (κ2) is 5.79. The molecule has 0 aliphatic carbocycles. The zero-order chi connectivity index (χ0) is 13.0. The van der Waals surface area contributed by atoms with Crippen LogP contribution in [0.2, 0.25) is 5.02 Å². The molecule has 0 aliphatic rings. The van der Waals surface area contributed by atoms with E-state index in [9.17, 15) is 4.79 Å². The standard InChI is InChI=1S/C11H10ClN3O2S/c1-7(10(16)14-11-15-13-6-18-11)17-9-4-2-3-8(12)5-9/h2-7H,1H3,(H,14,15,16)/t7-/m1/s1. The number of nitrogens with one attached hydrogen (secondary N) is 1. The molecule has 0 fully saturated rings. The molecule has 0 aliphatic heterocycles. The number of anilines is 1. The van der Waals surface area contributed by atoms with Gasteiger partial charge in [-0.05, 0) is 25.1 Å². The highest BCUT2D eigenvalue weighted by molar-refractivity contribution is 7.13. The molecule has 1 aromatic heterocycles. The molecule has 0 saturated heterocycles. The Hall–Kier alpha value is -1.66. The summed E-state index contributed by atoms with van der Waals surface area (Å²) in [6, 6.07) is 6.88. The Morgan fingerprint density at radius 1 is 1.56 bits per heavy atom. The van der Waals surface area contributed by atoms with Gasteiger partial charge in [0.2, 0.25) is 5.13 Å². The molecule has 1 amide bonds. The van der Waals surface area contributed by atoms with Crippen molar-refractivity contribution in [3.05, 3.63) is 34.8 Å². The molecule has 0 saturated carbocycles. The first-order valence-corrected chi connectivity index (χ1v) is 6.40. The molecule has 0 bridgehead atoms. The van der Waals surface area contributed by atoms with Crippen molar-refractivity contribution in [1.82, 2.24) is 10.2 Å². The van der Waals surface area contributed by atoms with E-state index in [0.717, 1.165) is 0 Å². The van der Waals surface area contributed by atoms with Crippen molar-refractivity contribution in [3.63, 3.8) is 0 Å². The van der Waals surface area contributed by atoms with Crippen LogP contribution >= 0.6 is 22.9 Å².